The quantitative estimate of drug-likeness (QED) is 0.874. The lowest BCUT2D eigenvalue weighted by Gasteiger charge is -2.17. The minimum absolute atomic E-state index is 0.152. The Kier molecular flexibility index (Phi) is 4.35. The summed E-state index contributed by atoms with van der Waals surface area (Å²) >= 11 is 5.92. The summed E-state index contributed by atoms with van der Waals surface area (Å²) in [6, 6.07) is 14.7. The van der Waals surface area contributed by atoms with Crippen molar-refractivity contribution in [1.29, 1.82) is 0 Å². The van der Waals surface area contributed by atoms with Crippen molar-refractivity contribution < 1.29 is 9.59 Å². The summed E-state index contributed by atoms with van der Waals surface area (Å²) in [5.74, 6) is -1.07. The van der Waals surface area contributed by atoms with Gasteiger partial charge in [-0.3, -0.25) is 9.59 Å². The number of aryl methyl sites for hydroxylation is 1. The number of rotatable bonds is 3. The lowest BCUT2D eigenvalue weighted by Crippen LogP contribution is -2.33. The minimum Gasteiger partial charge on any atom is -0.325 e. The fourth-order valence-electron chi connectivity index (χ4n) is 2.77. The Labute approximate surface area is 140 Å². The fourth-order valence-corrected chi connectivity index (χ4v) is 3.00. The summed E-state index contributed by atoms with van der Waals surface area (Å²) in [5, 5.41) is 3.45. The van der Waals surface area contributed by atoms with Crippen LogP contribution in [0.15, 0.2) is 48.5 Å². The zero-order valence-electron chi connectivity index (χ0n) is 12.8. The van der Waals surface area contributed by atoms with E-state index in [-0.39, 0.29) is 11.8 Å². The van der Waals surface area contributed by atoms with E-state index in [1.807, 2.05) is 37.3 Å². The summed E-state index contributed by atoms with van der Waals surface area (Å²) in [4.78, 5) is 26.6. The van der Waals surface area contributed by atoms with Crippen molar-refractivity contribution >= 4 is 34.8 Å². The Bertz CT molecular complexity index is 746. The van der Waals surface area contributed by atoms with Crippen LogP contribution in [-0.2, 0) is 9.59 Å². The van der Waals surface area contributed by atoms with E-state index in [1.54, 1.807) is 23.1 Å². The van der Waals surface area contributed by atoms with Crippen LogP contribution in [0.2, 0.25) is 5.02 Å². The van der Waals surface area contributed by atoms with Gasteiger partial charge < -0.3 is 10.2 Å². The first-order valence-electron chi connectivity index (χ1n) is 7.49. The van der Waals surface area contributed by atoms with Crippen LogP contribution < -0.4 is 10.2 Å². The number of hydrogen-bond acceptors (Lipinski definition) is 2. The van der Waals surface area contributed by atoms with Gasteiger partial charge in [0.15, 0.2) is 0 Å². The molecule has 3 rings (SSSR count). The van der Waals surface area contributed by atoms with Crippen molar-refractivity contribution in [2.24, 2.45) is 5.92 Å². The van der Waals surface area contributed by atoms with E-state index in [9.17, 15) is 9.59 Å². The number of anilines is 2. The van der Waals surface area contributed by atoms with Crippen LogP contribution in [-0.4, -0.2) is 18.4 Å². The largest absolute Gasteiger partial charge is 0.325 e. The third kappa shape index (κ3) is 3.22. The maximum absolute atomic E-state index is 12.5. The first-order chi connectivity index (χ1) is 11.1. The molecule has 2 aromatic carbocycles. The molecule has 1 aliphatic rings. The minimum atomic E-state index is -0.648. The van der Waals surface area contributed by atoms with E-state index >= 15 is 0 Å². The number of carbonyl (C=O) groups is 2. The second-order valence-corrected chi connectivity index (χ2v) is 6.05. The van der Waals surface area contributed by atoms with E-state index in [1.165, 1.54) is 0 Å². The molecule has 2 aromatic rings. The van der Waals surface area contributed by atoms with Crippen molar-refractivity contribution in [3.8, 4) is 0 Å². The summed E-state index contributed by atoms with van der Waals surface area (Å²) in [7, 11) is 0. The molecule has 1 fully saturated rings. The number of benzene rings is 2. The summed E-state index contributed by atoms with van der Waals surface area (Å²) in [6.45, 7) is 2.43. The molecule has 5 heteroatoms. The zero-order chi connectivity index (χ0) is 16.4. The molecule has 1 N–H and O–H groups in total. The van der Waals surface area contributed by atoms with Gasteiger partial charge in [-0.25, -0.2) is 0 Å². The first-order valence-corrected chi connectivity index (χ1v) is 7.87. The molecular formula is C18H17ClN2O2. The molecule has 0 radical (unpaired) electrons. The summed E-state index contributed by atoms with van der Waals surface area (Å²) in [5.41, 5.74) is 2.39. The highest BCUT2D eigenvalue weighted by Crippen LogP contribution is 2.27. The second kappa shape index (κ2) is 6.42. The van der Waals surface area contributed by atoms with Gasteiger partial charge in [0.2, 0.25) is 11.8 Å². The molecule has 1 unspecified atom stereocenters. The van der Waals surface area contributed by atoms with E-state index in [4.69, 9.17) is 11.6 Å². The molecule has 1 saturated heterocycles. The first kappa shape index (κ1) is 15.6. The fraction of sp³-hybridized carbons (Fsp3) is 0.222. The number of nitrogens with one attached hydrogen (secondary N) is 1. The van der Waals surface area contributed by atoms with Gasteiger partial charge in [0.25, 0.3) is 0 Å². The van der Waals surface area contributed by atoms with E-state index in [0.717, 1.165) is 11.3 Å². The third-order valence-corrected chi connectivity index (χ3v) is 4.27. The standard InChI is InChI=1S/C18H17ClN2O2/c1-12-11-13(19)7-8-16(12)20-17(22)15-9-10-21(18(15)23)14-5-3-2-4-6-14/h2-8,11,15H,9-10H2,1H3,(H,20,22). The average molecular weight is 329 g/mol. The number of halogens is 1. The molecule has 0 saturated carbocycles. The molecular weight excluding hydrogens is 312 g/mol. The monoisotopic (exact) mass is 328 g/mol. The molecule has 1 heterocycles. The van der Waals surface area contributed by atoms with Gasteiger partial charge in [-0.05, 0) is 49.2 Å². The van der Waals surface area contributed by atoms with Gasteiger partial charge in [0, 0.05) is 22.9 Å². The van der Waals surface area contributed by atoms with Gasteiger partial charge in [-0.2, -0.15) is 0 Å². The highest BCUT2D eigenvalue weighted by molar-refractivity contribution is 6.30. The predicted octanol–water partition coefficient (Wildman–Crippen LogP) is 3.64. The van der Waals surface area contributed by atoms with Crippen molar-refractivity contribution in [3.05, 3.63) is 59.1 Å². The highest BCUT2D eigenvalue weighted by Gasteiger charge is 2.37. The number of nitrogens with zero attached hydrogens (tertiary/aromatic N) is 1. The zero-order valence-corrected chi connectivity index (χ0v) is 13.5. The molecule has 1 atom stereocenters. The van der Waals surface area contributed by atoms with Gasteiger partial charge in [0.1, 0.15) is 5.92 Å². The van der Waals surface area contributed by atoms with E-state index < -0.39 is 5.92 Å². The van der Waals surface area contributed by atoms with Crippen LogP contribution in [0, 0.1) is 12.8 Å². The Morgan fingerprint density at radius 3 is 2.65 bits per heavy atom. The van der Waals surface area contributed by atoms with Gasteiger partial charge in [-0.15, -0.1) is 0 Å². The Hall–Kier alpha value is -2.33. The van der Waals surface area contributed by atoms with E-state index in [0.29, 0.717) is 23.7 Å². The molecule has 2 amide bonds. The molecule has 23 heavy (non-hydrogen) atoms. The van der Waals surface area contributed by atoms with Crippen LogP contribution in [0.4, 0.5) is 11.4 Å². The molecule has 0 spiro atoms. The van der Waals surface area contributed by atoms with Gasteiger partial charge in [-0.1, -0.05) is 29.8 Å². The molecule has 0 aliphatic carbocycles. The normalized spacial score (nSPS) is 17.4. The Morgan fingerprint density at radius 1 is 1.22 bits per heavy atom. The van der Waals surface area contributed by atoms with Crippen LogP contribution in [0.3, 0.4) is 0 Å². The second-order valence-electron chi connectivity index (χ2n) is 5.62. The van der Waals surface area contributed by atoms with Crippen LogP contribution in [0.5, 0.6) is 0 Å². The third-order valence-electron chi connectivity index (χ3n) is 4.04. The molecule has 118 valence electrons. The van der Waals surface area contributed by atoms with Crippen molar-refractivity contribution in [2.45, 2.75) is 13.3 Å². The number of para-hydroxylation sites is 1. The van der Waals surface area contributed by atoms with Gasteiger partial charge in [0.05, 0.1) is 0 Å². The maximum atomic E-state index is 12.5. The van der Waals surface area contributed by atoms with Crippen LogP contribution in [0.1, 0.15) is 12.0 Å². The van der Waals surface area contributed by atoms with Crippen LogP contribution in [0.25, 0.3) is 0 Å². The topological polar surface area (TPSA) is 49.4 Å². The molecule has 4 nitrogen and oxygen atoms in total. The average Bonchev–Trinajstić information content (AvgIpc) is 2.92. The molecule has 1 aliphatic heterocycles. The smallest absolute Gasteiger partial charge is 0.239 e. The molecule has 0 aromatic heterocycles. The number of carbonyl (C=O) groups excluding carboxylic acids is 2. The Balaban J connectivity index is 1.72. The SMILES string of the molecule is Cc1cc(Cl)ccc1NC(=O)C1CCN(c2ccccc2)C1=O. The van der Waals surface area contributed by atoms with Gasteiger partial charge >= 0.3 is 0 Å². The van der Waals surface area contributed by atoms with E-state index in [2.05, 4.69) is 5.32 Å². The van der Waals surface area contributed by atoms with Crippen LogP contribution >= 0.6 is 11.6 Å². The van der Waals surface area contributed by atoms with Crippen molar-refractivity contribution in [2.75, 3.05) is 16.8 Å². The number of amides is 2. The highest BCUT2D eigenvalue weighted by atomic mass is 35.5. The predicted molar refractivity (Wildman–Crippen MR) is 91.7 cm³/mol. The summed E-state index contributed by atoms with van der Waals surface area (Å²) < 4.78 is 0. The maximum Gasteiger partial charge on any atom is 0.239 e. The van der Waals surface area contributed by atoms with Crippen molar-refractivity contribution in [3.63, 3.8) is 0 Å². The van der Waals surface area contributed by atoms with Crippen molar-refractivity contribution in [1.82, 2.24) is 0 Å². The lowest BCUT2D eigenvalue weighted by atomic mass is 10.1. The Morgan fingerprint density at radius 2 is 1.96 bits per heavy atom. The summed E-state index contributed by atoms with van der Waals surface area (Å²) in [6.07, 6.45) is 0.520. The number of hydrogen-bond donors (Lipinski definition) is 1. The lowest BCUT2D eigenvalue weighted by molar-refractivity contribution is -0.129. The molecule has 0 bridgehead atoms.